The number of likely N-dealkylation sites (tertiary alicyclic amines) is 1. The minimum atomic E-state index is -3.28. The van der Waals surface area contributed by atoms with Gasteiger partial charge in [-0.25, -0.2) is 8.42 Å². The number of nitrogens with zero attached hydrogens (tertiary/aromatic N) is 2. The van der Waals surface area contributed by atoms with Crippen LogP contribution in [0.15, 0.2) is 77.3 Å². The van der Waals surface area contributed by atoms with Crippen LogP contribution in [0.2, 0.25) is 0 Å². The fourth-order valence-electron chi connectivity index (χ4n) is 4.86. The Bertz CT molecular complexity index is 1350. The van der Waals surface area contributed by atoms with E-state index in [1.165, 1.54) is 17.4 Å². The van der Waals surface area contributed by atoms with Crippen LogP contribution in [0.4, 0.5) is 0 Å². The smallest absolute Gasteiger partial charge is 0.253 e. The zero-order valence-corrected chi connectivity index (χ0v) is 19.4. The minimum Gasteiger partial charge on any atom is -0.338 e. The number of rotatable bonds is 2. The highest BCUT2D eigenvalue weighted by molar-refractivity contribution is 7.90. The number of hydrogen-bond acceptors (Lipinski definition) is 4. The van der Waals surface area contributed by atoms with Gasteiger partial charge in [0.05, 0.1) is 10.6 Å². The van der Waals surface area contributed by atoms with Crippen molar-refractivity contribution < 1.29 is 13.2 Å². The fraction of sp³-hybridized carbons (Fsp3) is 0.259. The Kier molecular flexibility index (Phi) is 5.62. The molecule has 6 heteroatoms. The van der Waals surface area contributed by atoms with Gasteiger partial charge in [-0.15, -0.1) is 0 Å². The van der Waals surface area contributed by atoms with Gasteiger partial charge in [-0.1, -0.05) is 35.9 Å². The lowest BCUT2D eigenvalue weighted by Gasteiger charge is -2.30. The van der Waals surface area contributed by atoms with E-state index in [0.717, 1.165) is 48.1 Å². The lowest BCUT2D eigenvalue weighted by Crippen LogP contribution is -2.36. The van der Waals surface area contributed by atoms with Crippen molar-refractivity contribution in [1.29, 1.82) is 0 Å². The molecule has 1 amide bonds. The molecule has 1 fully saturated rings. The van der Waals surface area contributed by atoms with Crippen LogP contribution in [0.1, 0.15) is 45.6 Å². The molecule has 0 unspecified atom stereocenters. The summed E-state index contributed by atoms with van der Waals surface area (Å²) in [6.45, 7) is 1.32. The zero-order valence-electron chi connectivity index (χ0n) is 18.6. The lowest BCUT2D eigenvalue weighted by atomic mass is 9.88. The van der Waals surface area contributed by atoms with Crippen molar-refractivity contribution in [2.45, 2.75) is 30.6 Å². The van der Waals surface area contributed by atoms with E-state index >= 15 is 0 Å². The standard InChI is InChI=1S/C27H26N2O3S/c1-33(31,32)23-11-12-24-22(18-23)10-9-20-8-5-15-28-26(20)25(24)19-13-16-29(17-14-19)27(30)21-6-3-2-4-7-21/h2-8,11-12,15,18H,9-10,13-14,16-17H2,1H3. The Morgan fingerprint density at radius 2 is 1.61 bits per heavy atom. The molecular formula is C27H26N2O3S. The summed E-state index contributed by atoms with van der Waals surface area (Å²) in [6, 6.07) is 19.0. The molecule has 5 rings (SSSR count). The normalized spacial score (nSPS) is 16.1. The minimum absolute atomic E-state index is 0.0669. The van der Waals surface area contributed by atoms with Crippen LogP contribution in [-0.4, -0.2) is 43.6 Å². The first-order chi connectivity index (χ1) is 15.9. The predicted molar refractivity (Wildman–Crippen MR) is 129 cm³/mol. The second-order valence-electron chi connectivity index (χ2n) is 8.74. The molecule has 0 saturated carbocycles. The second kappa shape index (κ2) is 8.60. The molecule has 0 bridgehead atoms. The highest BCUT2D eigenvalue weighted by Gasteiger charge is 2.27. The molecule has 0 radical (unpaired) electrons. The van der Waals surface area contributed by atoms with Gasteiger partial charge < -0.3 is 4.90 Å². The van der Waals surface area contributed by atoms with Crippen molar-refractivity contribution in [3.8, 4) is 0 Å². The summed E-state index contributed by atoms with van der Waals surface area (Å²) in [5.41, 5.74) is 7.39. The van der Waals surface area contributed by atoms with E-state index in [2.05, 4.69) is 6.07 Å². The molecule has 2 heterocycles. The Labute approximate surface area is 194 Å². The van der Waals surface area contributed by atoms with E-state index in [9.17, 15) is 13.2 Å². The third-order valence-corrected chi connectivity index (χ3v) is 7.70. The first kappa shape index (κ1) is 21.6. The van der Waals surface area contributed by atoms with Crippen molar-refractivity contribution >= 4 is 21.3 Å². The lowest BCUT2D eigenvalue weighted by molar-refractivity contribution is 0.0744. The van der Waals surface area contributed by atoms with E-state index in [1.54, 1.807) is 6.07 Å². The predicted octanol–water partition coefficient (Wildman–Crippen LogP) is 4.32. The zero-order chi connectivity index (χ0) is 23.0. The van der Waals surface area contributed by atoms with Gasteiger partial charge in [0.2, 0.25) is 0 Å². The maximum Gasteiger partial charge on any atom is 0.253 e. The number of sulfone groups is 1. The molecule has 2 aromatic carbocycles. The summed E-state index contributed by atoms with van der Waals surface area (Å²) < 4.78 is 24.3. The third-order valence-electron chi connectivity index (χ3n) is 6.59. The maximum absolute atomic E-state index is 12.9. The van der Waals surface area contributed by atoms with Crippen LogP contribution >= 0.6 is 0 Å². The Morgan fingerprint density at radius 1 is 0.879 bits per heavy atom. The number of aryl methyl sites for hydroxylation is 2. The largest absolute Gasteiger partial charge is 0.338 e. The van der Waals surface area contributed by atoms with E-state index in [4.69, 9.17) is 4.98 Å². The summed E-state index contributed by atoms with van der Waals surface area (Å²) in [7, 11) is -3.28. The summed E-state index contributed by atoms with van der Waals surface area (Å²) >= 11 is 0. The number of carbonyl (C=O) groups is 1. The molecule has 168 valence electrons. The highest BCUT2D eigenvalue weighted by Crippen LogP contribution is 2.38. The molecule has 2 aliphatic rings. The number of fused-ring (bicyclic) bond motifs is 2. The quantitative estimate of drug-likeness (QED) is 0.574. The first-order valence-electron chi connectivity index (χ1n) is 11.3. The Hall–Kier alpha value is -3.25. The maximum atomic E-state index is 12.9. The molecule has 1 aliphatic heterocycles. The number of carbonyl (C=O) groups excluding carboxylic acids is 1. The number of pyridine rings is 1. The Balaban J connectivity index is 1.54. The van der Waals surface area contributed by atoms with Crippen molar-refractivity contribution in [3.05, 3.63) is 100 Å². The summed E-state index contributed by atoms with van der Waals surface area (Å²) in [5, 5.41) is 0. The monoisotopic (exact) mass is 458 g/mol. The number of aromatic nitrogens is 1. The highest BCUT2D eigenvalue weighted by atomic mass is 32.2. The van der Waals surface area contributed by atoms with Crippen LogP contribution < -0.4 is 0 Å². The summed E-state index contributed by atoms with van der Waals surface area (Å²) in [5.74, 6) is 0.0669. The van der Waals surface area contributed by atoms with Gasteiger partial charge >= 0.3 is 0 Å². The molecule has 5 nitrogen and oxygen atoms in total. The summed E-state index contributed by atoms with van der Waals surface area (Å²) in [4.78, 5) is 19.9. The number of benzene rings is 2. The number of amides is 1. The summed E-state index contributed by atoms with van der Waals surface area (Å²) in [6.07, 6.45) is 6.21. The Morgan fingerprint density at radius 3 is 2.33 bits per heavy atom. The van der Waals surface area contributed by atoms with E-state index in [1.807, 2.05) is 59.6 Å². The van der Waals surface area contributed by atoms with Gasteiger partial charge in [0.1, 0.15) is 0 Å². The SMILES string of the molecule is CS(=O)(=O)c1ccc2c(c1)CCc1cccnc1C2=C1CCN(C(=O)c2ccccc2)CC1. The molecule has 1 saturated heterocycles. The van der Waals surface area contributed by atoms with Crippen molar-refractivity contribution in [2.75, 3.05) is 19.3 Å². The van der Waals surface area contributed by atoms with E-state index in [-0.39, 0.29) is 5.91 Å². The van der Waals surface area contributed by atoms with Crippen LogP contribution in [0, 0.1) is 0 Å². The van der Waals surface area contributed by atoms with Crippen molar-refractivity contribution in [1.82, 2.24) is 9.88 Å². The van der Waals surface area contributed by atoms with Crippen LogP contribution in [0.3, 0.4) is 0 Å². The van der Waals surface area contributed by atoms with Crippen LogP contribution in [-0.2, 0) is 22.7 Å². The van der Waals surface area contributed by atoms with Crippen molar-refractivity contribution in [2.24, 2.45) is 0 Å². The fourth-order valence-corrected chi connectivity index (χ4v) is 5.54. The molecular weight excluding hydrogens is 432 g/mol. The van der Waals surface area contributed by atoms with Gasteiger partial charge in [0.25, 0.3) is 5.91 Å². The molecule has 0 atom stereocenters. The van der Waals surface area contributed by atoms with Crippen LogP contribution in [0.5, 0.6) is 0 Å². The topological polar surface area (TPSA) is 67.3 Å². The van der Waals surface area contributed by atoms with Crippen LogP contribution in [0.25, 0.3) is 5.57 Å². The first-order valence-corrected chi connectivity index (χ1v) is 13.1. The van der Waals surface area contributed by atoms with E-state index in [0.29, 0.717) is 23.5 Å². The number of piperidine rings is 1. The van der Waals surface area contributed by atoms with Gasteiger partial charge in [-0.2, -0.15) is 0 Å². The number of hydrogen-bond donors (Lipinski definition) is 0. The third kappa shape index (κ3) is 4.23. The second-order valence-corrected chi connectivity index (χ2v) is 10.8. The molecule has 0 N–H and O–H groups in total. The molecule has 1 aromatic heterocycles. The average Bonchev–Trinajstić information content (AvgIpc) is 3.00. The molecule has 33 heavy (non-hydrogen) atoms. The van der Waals surface area contributed by atoms with Gasteiger partial charge in [-0.3, -0.25) is 9.78 Å². The van der Waals surface area contributed by atoms with Crippen molar-refractivity contribution in [3.63, 3.8) is 0 Å². The van der Waals surface area contributed by atoms with Gasteiger partial charge in [-0.05, 0) is 72.7 Å². The average molecular weight is 459 g/mol. The molecule has 1 aliphatic carbocycles. The van der Waals surface area contributed by atoms with Gasteiger partial charge in [0, 0.05) is 36.7 Å². The molecule has 3 aromatic rings. The molecule has 0 spiro atoms. The van der Waals surface area contributed by atoms with Gasteiger partial charge in [0.15, 0.2) is 9.84 Å². The van der Waals surface area contributed by atoms with E-state index < -0.39 is 9.84 Å².